The van der Waals surface area contributed by atoms with E-state index in [1.165, 1.54) is 24.3 Å². The molecule has 0 aliphatic carbocycles. The fourth-order valence-electron chi connectivity index (χ4n) is 2.40. The molecule has 0 unspecified atom stereocenters. The second-order valence-electron chi connectivity index (χ2n) is 5.30. The highest BCUT2D eigenvalue weighted by Gasteiger charge is 2.17. The molecule has 1 amide bonds. The Balaban J connectivity index is 1.84. The summed E-state index contributed by atoms with van der Waals surface area (Å²) in [5, 5.41) is 22.9. The molecule has 8 heteroatoms. The summed E-state index contributed by atoms with van der Waals surface area (Å²) < 4.78 is 10.8. The van der Waals surface area contributed by atoms with E-state index >= 15 is 0 Å². The number of rotatable bonds is 4. The lowest BCUT2D eigenvalue weighted by Gasteiger charge is -2.18. The zero-order valence-electron chi connectivity index (χ0n) is 13.5. The van der Waals surface area contributed by atoms with E-state index in [4.69, 9.17) is 9.47 Å². The van der Waals surface area contributed by atoms with Gasteiger partial charge in [-0.1, -0.05) is 12.1 Å². The Morgan fingerprint density at radius 1 is 1.19 bits per heavy atom. The highest BCUT2D eigenvalue weighted by atomic mass is 16.6. The molecule has 0 atom stereocenters. The Bertz CT molecular complexity index is 946. The van der Waals surface area contributed by atoms with Gasteiger partial charge in [-0.25, -0.2) is 0 Å². The Morgan fingerprint density at radius 3 is 2.65 bits per heavy atom. The third-order valence-corrected chi connectivity index (χ3v) is 3.60. The van der Waals surface area contributed by atoms with Gasteiger partial charge in [-0.3, -0.25) is 14.9 Å². The van der Waals surface area contributed by atoms with E-state index in [-0.39, 0.29) is 16.8 Å². The van der Waals surface area contributed by atoms with E-state index in [9.17, 15) is 20.2 Å². The number of para-hydroxylation sites is 1. The van der Waals surface area contributed by atoms with Crippen molar-refractivity contribution in [2.75, 3.05) is 18.5 Å². The van der Waals surface area contributed by atoms with Gasteiger partial charge >= 0.3 is 0 Å². The summed E-state index contributed by atoms with van der Waals surface area (Å²) in [5.41, 5.74) is 0.149. The minimum Gasteiger partial charge on any atom is -0.486 e. The number of carbonyl (C=O) groups is 1. The summed E-state index contributed by atoms with van der Waals surface area (Å²) in [6.07, 6.45) is 1.19. The van der Waals surface area contributed by atoms with Crippen molar-refractivity contribution in [1.29, 1.82) is 5.26 Å². The summed E-state index contributed by atoms with van der Waals surface area (Å²) in [6.45, 7) is 0.862. The van der Waals surface area contributed by atoms with E-state index in [0.717, 1.165) is 0 Å². The van der Waals surface area contributed by atoms with Gasteiger partial charge in [0.2, 0.25) is 0 Å². The first kappa shape index (κ1) is 17.0. The van der Waals surface area contributed by atoms with E-state index in [2.05, 4.69) is 5.32 Å². The molecular weight excluding hydrogens is 338 g/mol. The lowest BCUT2D eigenvalue weighted by molar-refractivity contribution is -0.385. The largest absolute Gasteiger partial charge is 0.486 e. The molecule has 3 rings (SSSR count). The number of fused-ring (bicyclic) bond motifs is 1. The monoisotopic (exact) mass is 351 g/mol. The maximum absolute atomic E-state index is 12.4. The number of nitro groups is 1. The lowest BCUT2D eigenvalue weighted by Crippen LogP contribution is -2.17. The molecule has 0 aromatic heterocycles. The van der Waals surface area contributed by atoms with Crippen molar-refractivity contribution < 1.29 is 19.2 Å². The van der Waals surface area contributed by atoms with Gasteiger partial charge in [-0.05, 0) is 24.3 Å². The lowest BCUT2D eigenvalue weighted by atomic mass is 10.1. The van der Waals surface area contributed by atoms with Crippen LogP contribution in [0.15, 0.2) is 48.0 Å². The van der Waals surface area contributed by atoms with Gasteiger partial charge in [0.1, 0.15) is 24.9 Å². The van der Waals surface area contributed by atoms with Gasteiger partial charge in [-0.2, -0.15) is 5.26 Å². The average molecular weight is 351 g/mol. The molecule has 0 fully saturated rings. The Hall–Kier alpha value is -3.86. The molecule has 0 spiro atoms. The van der Waals surface area contributed by atoms with Crippen LogP contribution >= 0.6 is 0 Å². The number of benzene rings is 2. The van der Waals surface area contributed by atoms with Crippen LogP contribution in [0.1, 0.15) is 5.56 Å². The number of ether oxygens (including phenoxy) is 2. The van der Waals surface area contributed by atoms with Crippen molar-refractivity contribution in [2.45, 2.75) is 0 Å². The number of nitro benzene ring substituents is 1. The normalized spacial score (nSPS) is 12.8. The van der Waals surface area contributed by atoms with Gasteiger partial charge in [0.15, 0.2) is 11.5 Å². The van der Waals surface area contributed by atoms with Crippen LogP contribution in [-0.2, 0) is 4.79 Å². The van der Waals surface area contributed by atoms with E-state index in [0.29, 0.717) is 30.4 Å². The van der Waals surface area contributed by atoms with E-state index in [1.54, 1.807) is 30.3 Å². The van der Waals surface area contributed by atoms with Gasteiger partial charge in [0.25, 0.3) is 11.6 Å². The predicted molar refractivity (Wildman–Crippen MR) is 92.7 cm³/mol. The molecule has 1 aliphatic heterocycles. The van der Waals surface area contributed by atoms with Crippen LogP contribution < -0.4 is 14.8 Å². The zero-order chi connectivity index (χ0) is 18.5. The van der Waals surface area contributed by atoms with Crippen LogP contribution in [-0.4, -0.2) is 24.0 Å². The van der Waals surface area contributed by atoms with Crippen molar-refractivity contribution >= 4 is 23.4 Å². The number of anilines is 1. The maximum Gasteiger partial charge on any atom is 0.276 e. The minimum absolute atomic E-state index is 0.173. The second-order valence-corrected chi connectivity index (χ2v) is 5.30. The van der Waals surface area contributed by atoms with Gasteiger partial charge in [0.05, 0.1) is 10.5 Å². The number of hydrogen-bond acceptors (Lipinski definition) is 6. The van der Waals surface area contributed by atoms with Gasteiger partial charge in [0, 0.05) is 17.8 Å². The number of nitrogens with zero attached hydrogens (tertiary/aromatic N) is 2. The molecular formula is C18H13N3O5. The molecule has 0 saturated heterocycles. The maximum atomic E-state index is 12.4. The molecule has 2 aromatic carbocycles. The smallest absolute Gasteiger partial charge is 0.276 e. The van der Waals surface area contributed by atoms with Crippen LogP contribution in [0.3, 0.4) is 0 Å². The van der Waals surface area contributed by atoms with Gasteiger partial charge in [-0.15, -0.1) is 0 Å². The number of carbonyl (C=O) groups excluding carboxylic acids is 1. The Morgan fingerprint density at radius 2 is 1.92 bits per heavy atom. The summed E-state index contributed by atoms with van der Waals surface area (Å²) in [4.78, 5) is 22.8. The molecule has 0 bridgehead atoms. The average Bonchev–Trinajstić information content (AvgIpc) is 2.66. The molecule has 26 heavy (non-hydrogen) atoms. The Kier molecular flexibility index (Phi) is 4.80. The van der Waals surface area contributed by atoms with Gasteiger partial charge < -0.3 is 14.8 Å². The number of amides is 1. The summed E-state index contributed by atoms with van der Waals surface area (Å²) >= 11 is 0. The zero-order valence-corrected chi connectivity index (χ0v) is 13.5. The molecule has 1 heterocycles. The summed E-state index contributed by atoms with van der Waals surface area (Å²) in [6, 6.07) is 12.5. The molecule has 8 nitrogen and oxygen atoms in total. The quantitative estimate of drug-likeness (QED) is 0.392. The Labute approximate surface area is 148 Å². The second kappa shape index (κ2) is 7.36. The van der Waals surface area contributed by atoms with Crippen molar-refractivity contribution in [3.63, 3.8) is 0 Å². The predicted octanol–water partition coefficient (Wildman–Crippen LogP) is 2.91. The number of hydrogen-bond donors (Lipinski definition) is 1. The summed E-state index contributed by atoms with van der Waals surface area (Å²) in [5.74, 6) is 0.391. The minimum atomic E-state index is -0.678. The third kappa shape index (κ3) is 3.62. The van der Waals surface area contributed by atoms with Crippen LogP contribution in [0.25, 0.3) is 6.08 Å². The fourth-order valence-corrected chi connectivity index (χ4v) is 2.40. The molecule has 0 saturated carbocycles. The highest BCUT2D eigenvalue weighted by molar-refractivity contribution is 6.10. The topological polar surface area (TPSA) is 114 Å². The van der Waals surface area contributed by atoms with Crippen molar-refractivity contribution in [1.82, 2.24) is 0 Å². The van der Waals surface area contributed by atoms with Crippen LogP contribution in [0.2, 0.25) is 0 Å². The fraction of sp³-hybridized carbons (Fsp3) is 0.111. The van der Waals surface area contributed by atoms with Crippen molar-refractivity contribution in [2.24, 2.45) is 0 Å². The number of nitriles is 1. The highest BCUT2D eigenvalue weighted by Crippen LogP contribution is 2.32. The molecule has 130 valence electrons. The first-order valence-corrected chi connectivity index (χ1v) is 7.64. The standard InChI is InChI=1S/C18H13N3O5/c19-11-13(9-12-3-1-2-4-15(12)21(23)24)18(22)20-14-5-6-16-17(10-14)26-8-7-25-16/h1-6,9-10H,7-8H2,(H,20,22)/b13-9+. The van der Waals surface area contributed by atoms with Crippen LogP contribution in [0, 0.1) is 21.4 Å². The van der Waals surface area contributed by atoms with E-state index < -0.39 is 10.8 Å². The molecule has 2 aromatic rings. The first-order valence-electron chi connectivity index (χ1n) is 7.64. The molecule has 1 N–H and O–H groups in total. The first-order chi connectivity index (χ1) is 12.6. The SMILES string of the molecule is N#C/C(=C\c1ccccc1[N+](=O)[O-])C(=O)Nc1ccc2c(c1)OCCO2. The molecule has 1 aliphatic rings. The third-order valence-electron chi connectivity index (χ3n) is 3.60. The molecule has 0 radical (unpaired) electrons. The van der Waals surface area contributed by atoms with E-state index in [1.807, 2.05) is 0 Å². The van der Waals surface area contributed by atoms with Crippen LogP contribution in [0.5, 0.6) is 11.5 Å². The number of nitrogens with one attached hydrogen (secondary N) is 1. The summed E-state index contributed by atoms with van der Waals surface area (Å²) in [7, 11) is 0. The van der Waals surface area contributed by atoms with Crippen LogP contribution in [0.4, 0.5) is 11.4 Å². The van der Waals surface area contributed by atoms with Crippen molar-refractivity contribution in [3.8, 4) is 17.6 Å². The van der Waals surface area contributed by atoms with Crippen molar-refractivity contribution in [3.05, 3.63) is 63.7 Å².